The van der Waals surface area contributed by atoms with Crippen molar-refractivity contribution >= 4 is 17.3 Å². The molecule has 1 heterocycles. The summed E-state index contributed by atoms with van der Waals surface area (Å²) in [6.07, 6.45) is 0.472. The lowest BCUT2D eigenvalue weighted by Crippen LogP contribution is -2.21. The van der Waals surface area contributed by atoms with Crippen LogP contribution in [0.3, 0.4) is 0 Å². The van der Waals surface area contributed by atoms with Gasteiger partial charge in [-0.2, -0.15) is 0 Å². The van der Waals surface area contributed by atoms with Gasteiger partial charge in [0.15, 0.2) is 0 Å². The molecule has 1 atom stereocenters. The molecule has 1 aliphatic rings. The molecule has 2 N–H and O–H groups in total. The van der Waals surface area contributed by atoms with E-state index in [-0.39, 0.29) is 11.9 Å². The van der Waals surface area contributed by atoms with E-state index < -0.39 is 0 Å². The number of rotatable bonds is 1. The predicted molar refractivity (Wildman–Crippen MR) is 56.0 cm³/mol. The summed E-state index contributed by atoms with van der Waals surface area (Å²) in [7, 11) is 0. The molecule has 0 radical (unpaired) electrons. The molecule has 0 spiro atoms. The summed E-state index contributed by atoms with van der Waals surface area (Å²) in [6.45, 7) is 1.37. The molecule has 1 aliphatic heterocycles. The monoisotopic (exact) mass is 213 g/mol. The van der Waals surface area contributed by atoms with Crippen LogP contribution in [-0.4, -0.2) is 29.4 Å². The van der Waals surface area contributed by atoms with Crippen molar-refractivity contribution in [2.24, 2.45) is 0 Å². The first-order valence-corrected chi connectivity index (χ1v) is 4.96. The Balaban J connectivity index is 2.27. The molecule has 0 amide bonds. The molecule has 0 aliphatic carbocycles. The minimum absolute atomic E-state index is 0.200. The van der Waals surface area contributed by atoms with E-state index in [2.05, 4.69) is 0 Å². The minimum Gasteiger partial charge on any atom is -0.508 e. The topological polar surface area (TPSA) is 43.7 Å². The maximum absolute atomic E-state index is 9.37. The number of hydrogen-bond acceptors (Lipinski definition) is 3. The fourth-order valence-corrected chi connectivity index (χ4v) is 1.94. The summed E-state index contributed by atoms with van der Waals surface area (Å²) in [5.41, 5.74) is 0.795. The SMILES string of the molecule is Oc1ccc(Cl)c(N2CCC(O)C2)c1. The van der Waals surface area contributed by atoms with Gasteiger partial charge in [-0.25, -0.2) is 0 Å². The molecule has 14 heavy (non-hydrogen) atoms. The molecule has 0 bridgehead atoms. The third-order valence-electron chi connectivity index (χ3n) is 2.43. The Morgan fingerprint density at radius 1 is 1.43 bits per heavy atom. The predicted octanol–water partition coefficient (Wildman–Crippen LogP) is 1.62. The molecule has 1 aromatic carbocycles. The van der Waals surface area contributed by atoms with Crippen LogP contribution in [0.4, 0.5) is 5.69 Å². The Kier molecular flexibility index (Phi) is 2.52. The number of hydrogen-bond donors (Lipinski definition) is 2. The smallest absolute Gasteiger partial charge is 0.117 e. The number of aromatic hydroxyl groups is 1. The van der Waals surface area contributed by atoms with Crippen molar-refractivity contribution in [3.63, 3.8) is 0 Å². The average molecular weight is 214 g/mol. The highest BCUT2D eigenvalue weighted by Crippen LogP contribution is 2.31. The van der Waals surface area contributed by atoms with E-state index in [0.29, 0.717) is 11.6 Å². The first-order valence-electron chi connectivity index (χ1n) is 4.58. The molecule has 0 saturated carbocycles. The van der Waals surface area contributed by atoms with E-state index in [9.17, 15) is 10.2 Å². The summed E-state index contributed by atoms with van der Waals surface area (Å²) in [4.78, 5) is 1.98. The lowest BCUT2D eigenvalue weighted by Gasteiger charge is -2.19. The number of benzene rings is 1. The normalized spacial score (nSPS) is 21.6. The molecule has 4 heteroatoms. The molecule has 1 aromatic rings. The van der Waals surface area contributed by atoms with Crippen molar-refractivity contribution in [1.82, 2.24) is 0 Å². The minimum atomic E-state index is -0.284. The van der Waals surface area contributed by atoms with E-state index in [4.69, 9.17) is 11.6 Å². The van der Waals surface area contributed by atoms with E-state index in [1.54, 1.807) is 18.2 Å². The van der Waals surface area contributed by atoms with Gasteiger partial charge in [0.2, 0.25) is 0 Å². The maximum Gasteiger partial charge on any atom is 0.117 e. The van der Waals surface area contributed by atoms with Gasteiger partial charge in [-0.15, -0.1) is 0 Å². The quantitative estimate of drug-likeness (QED) is 0.745. The van der Waals surface area contributed by atoms with Crippen LogP contribution >= 0.6 is 11.6 Å². The third-order valence-corrected chi connectivity index (χ3v) is 2.75. The second-order valence-electron chi connectivity index (χ2n) is 3.52. The van der Waals surface area contributed by atoms with Gasteiger partial charge >= 0.3 is 0 Å². The maximum atomic E-state index is 9.37. The molecular weight excluding hydrogens is 202 g/mol. The summed E-state index contributed by atoms with van der Waals surface area (Å²) in [5.74, 6) is 0.200. The highest BCUT2D eigenvalue weighted by molar-refractivity contribution is 6.33. The van der Waals surface area contributed by atoms with Gasteiger partial charge in [-0.3, -0.25) is 0 Å². The number of phenols is 1. The van der Waals surface area contributed by atoms with Gasteiger partial charge in [0.25, 0.3) is 0 Å². The number of halogens is 1. The first kappa shape index (κ1) is 9.62. The summed E-state index contributed by atoms with van der Waals surface area (Å²) in [5, 5.41) is 19.3. The van der Waals surface area contributed by atoms with Crippen molar-refractivity contribution < 1.29 is 10.2 Å². The average Bonchev–Trinajstić information content (AvgIpc) is 2.56. The zero-order valence-electron chi connectivity index (χ0n) is 7.65. The van der Waals surface area contributed by atoms with Crippen LogP contribution in [0.5, 0.6) is 5.75 Å². The number of aliphatic hydroxyl groups is 1. The Morgan fingerprint density at radius 2 is 2.21 bits per heavy atom. The number of anilines is 1. The fraction of sp³-hybridized carbons (Fsp3) is 0.400. The van der Waals surface area contributed by atoms with Gasteiger partial charge in [-0.1, -0.05) is 11.6 Å². The van der Waals surface area contributed by atoms with Crippen LogP contribution in [0.15, 0.2) is 18.2 Å². The van der Waals surface area contributed by atoms with Gasteiger partial charge < -0.3 is 15.1 Å². The van der Waals surface area contributed by atoms with Crippen LogP contribution in [0.25, 0.3) is 0 Å². The standard InChI is InChI=1S/C10H12ClNO2/c11-9-2-1-7(13)5-10(9)12-4-3-8(14)6-12/h1-2,5,8,13-14H,3-4,6H2. The third kappa shape index (κ3) is 1.79. The van der Waals surface area contributed by atoms with E-state index in [1.807, 2.05) is 4.90 Å². The van der Waals surface area contributed by atoms with Gasteiger partial charge in [0.05, 0.1) is 16.8 Å². The molecule has 2 rings (SSSR count). The Bertz CT molecular complexity index is 343. The summed E-state index contributed by atoms with van der Waals surface area (Å²) in [6, 6.07) is 4.84. The molecular formula is C10H12ClNO2. The van der Waals surface area contributed by atoms with Crippen LogP contribution in [0.2, 0.25) is 5.02 Å². The number of nitrogens with zero attached hydrogens (tertiary/aromatic N) is 1. The molecule has 1 unspecified atom stereocenters. The van der Waals surface area contributed by atoms with Crippen molar-refractivity contribution in [2.75, 3.05) is 18.0 Å². The van der Waals surface area contributed by atoms with E-state index >= 15 is 0 Å². The number of β-amino-alcohol motifs (C(OH)–C–C–N with tert-alkyl or cyclic N) is 1. The molecule has 1 fully saturated rings. The molecule has 76 valence electrons. The van der Waals surface area contributed by atoms with Gasteiger partial charge in [0, 0.05) is 19.2 Å². The second-order valence-corrected chi connectivity index (χ2v) is 3.93. The van der Waals surface area contributed by atoms with Crippen molar-refractivity contribution in [3.8, 4) is 5.75 Å². The van der Waals surface area contributed by atoms with Crippen LogP contribution in [0, 0.1) is 0 Å². The van der Waals surface area contributed by atoms with Crippen LogP contribution < -0.4 is 4.90 Å². The van der Waals surface area contributed by atoms with Gasteiger partial charge in [0.1, 0.15) is 5.75 Å². The first-order chi connectivity index (χ1) is 6.66. The van der Waals surface area contributed by atoms with Crippen LogP contribution in [0.1, 0.15) is 6.42 Å². The zero-order chi connectivity index (χ0) is 10.1. The van der Waals surface area contributed by atoms with Crippen LogP contribution in [-0.2, 0) is 0 Å². The van der Waals surface area contributed by atoms with E-state index in [0.717, 1.165) is 18.7 Å². The van der Waals surface area contributed by atoms with Gasteiger partial charge in [-0.05, 0) is 18.6 Å². The second kappa shape index (κ2) is 3.67. The highest BCUT2D eigenvalue weighted by Gasteiger charge is 2.22. The molecule has 0 aromatic heterocycles. The summed E-state index contributed by atoms with van der Waals surface area (Å²) >= 11 is 5.99. The fourth-order valence-electron chi connectivity index (χ4n) is 1.70. The Hall–Kier alpha value is -0.930. The lowest BCUT2D eigenvalue weighted by atomic mass is 10.3. The largest absolute Gasteiger partial charge is 0.508 e. The Morgan fingerprint density at radius 3 is 2.86 bits per heavy atom. The number of aliphatic hydroxyl groups excluding tert-OH is 1. The number of phenolic OH excluding ortho intramolecular Hbond substituents is 1. The lowest BCUT2D eigenvalue weighted by molar-refractivity contribution is 0.198. The molecule has 1 saturated heterocycles. The van der Waals surface area contributed by atoms with Crippen molar-refractivity contribution in [2.45, 2.75) is 12.5 Å². The zero-order valence-corrected chi connectivity index (χ0v) is 8.41. The Labute approximate surface area is 87.5 Å². The van der Waals surface area contributed by atoms with E-state index in [1.165, 1.54) is 0 Å². The van der Waals surface area contributed by atoms with Crippen molar-refractivity contribution in [3.05, 3.63) is 23.2 Å². The molecule has 3 nitrogen and oxygen atoms in total. The van der Waals surface area contributed by atoms with Crippen molar-refractivity contribution in [1.29, 1.82) is 0 Å². The summed E-state index contributed by atoms with van der Waals surface area (Å²) < 4.78 is 0. The highest BCUT2D eigenvalue weighted by atomic mass is 35.5.